The van der Waals surface area contributed by atoms with Gasteiger partial charge in [0.1, 0.15) is 0 Å². The first-order valence-electron chi connectivity index (χ1n) is 5.39. The Hall–Kier alpha value is -2.08. The summed E-state index contributed by atoms with van der Waals surface area (Å²) in [7, 11) is 3.16. The standard InChI is InChI=1S/C12H16N2O4/c1-14(7-8-18-2)12(17)13-10-6-4-3-5-9(10)11(15)16/h3-6H,7-8H2,1-2H3,(H,13,17)(H,15,16). The van der Waals surface area contributed by atoms with Crippen LogP contribution in [0.15, 0.2) is 24.3 Å². The first kappa shape index (κ1) is 14.0. The van der Waals surface area contributed by atoms with E-state index in [-0.39, 0.29) is 17.3 Å². The highest BCUT2D eigenvalue weighted by molar-refractivity contribution is 5.99. The van der Waals surface area contributed by atoms with Gasteiger partial charge in [0, 0.05) is 20.7 Å². The number of methoxy groups -OCH3 is 1. The molecule has 1 aromatic rings. The maximum absolute atomic E-state index is 11.8. The van der Waals surface area contributed by atoms with E-state index in [9.17, 15) is 9.59 Å². The van der Waals surface area contributed by atoms with Gasteiger partial charge in [0.25, 0.3) is 0 Å². The number of para-hydroxylation sites is 1. The normalized spacial score (nSPS) is 9.89. The SMILES string of the molecule is COCCN(C)C(=O)Nc1ccccc1C(=O)O. The van der Waals surface area contributed by atoms with E-state index in [1.807, 2.05) is 0 Å². The second-order valence-corrected chi connectivity index (χ2v) is 3.70. The number of hydrogen-bond donors (Lipinski definition) is 2. The van der Waals surface area contributed by atoms with Crippen LogP contribution in [0.4, 0.5) is 10.5 Å². The van der Waals surface area contributed by atoms with E-state index >= 15 is 0 Å². The molecule has 0 fully saturated rings. The average Bonchev–Trinajstić information content (AvgIpc) is 2.36. The molecule has 6 heteroatoms. The lowest BCUT2D eigenvalue weighted by molar-refractivity contribution is 0.0698. The Balaban J connectivity index is 2.72. The van der Waals surface area contributed by atoms with Gasteiger partial charge in [-0.25, -0.2) is 9.59 Å². The Morgan fingerprint density at radius 3 is 2.67 bits per heavy atom. The summed E-state index contributed by atoms with van der Waals surface area (Å²) in [6, 6.07) is 5.88. The van der Waals surface area contributed by atoms with Crippen LogP contribution in [-0.4, -0.2) is 49.3 Å². The fourth-order valence-electron chi connectivity index (χ4n) is 1.32. The van der Waals surface area contributed by atoms with Gasteiger partial charge in [0.15, 0.2) is 0 Å². The van der Waals surface area contributed by atoms with Crippen LogP contribution in [-0.2, 0) is 4.74 Å². The molecule has 2 amide bonds. The Morgan fingerprint density at radius 2 is 2.06 bits per heavy atom. The van der Waals surface area contributed by atoms with E-state index < -0.39 is 5.97 Å². The van der Waals surface area contributed by atoms with Gasteiger partial charge in [-0.1, -0.05) is 12.1 Å². The summed E-state index contributed by atoms with van der Waals surface area (Å²) in [6.07, 6.45) is 0. The Bertz CT molecular complexity index is 434. The molecule has 0 aromatic heterocycles. The molecule has 0 bridgehead atoms. The summed E-state index contributed by atoms with van der Waals surface area (Å²) in [4.78, 5) is 24.1. The number of aromatic carboxylic acids is 1. The zero-order chi connectivity index (χ0) is 13.5. The van der Waals surface area contributed by atoms with Crippen LogP contribution in [0.2, 0.25) is 0 Å². The van der Waals surface area contributed by atoms with Crippen LogP contribution in [0.3, 0.4) is 0 Å². The van der Waals surface area contributed by atoms with E-state index in [1.54, 1.807) is 32.4 Å². The van der Waals surface area contributed by atoms with Crippen molar-refractivity contribution in [3.63, 3.8) is 0 Å². The molecule has 0 aliphatic carbocycles. The summed E-state index contributed by atoms with van der Waals surface area (Å²) in [6.45, 7) is 0.849. The number of carbonyl (C=O) groups excluding carboxylic acids is 1. The maximum atomic E-state index is 11.8. The summed E-state index contributed by atoms with van der Waals surface area (Å²) >= 11 is 0. The lowest BCUT2D eigenvalue weighted by atomic mass is 10.2. The molecule has 1 aromatic carbocycles. The highest BCUT2D eigenvalue weighted by atomic mass is 16.5. The van der Waals surface area contributed by atoms with Gasteiger partial charge in [-0.05, 0) is 12.1 Å². The summed E-state index contributed by atoms with van der Waals surface area (Å²) in [5.41, 5.74) is 0.338. The third kappa shape index (κ3) is 3.74. The molecule has 1 rings (SSSR count). The van der Waals surface area contributed by atoms with E-state index in [4.69, 9.17) is 9.84 Å². The quantitative estimate of drug-likeness (QED) is 0.832. The van der Waals surface area contributed by atoms with Gasteiger partial charge >= 0.3 is 12.0 Å². The largest absolute Gasteiger partial charge is 0.478 e. The lowest BCUT2D eigenvalue weighted by Gasteiger charge is -2.18. The van der Waals surface area contributed by atoms with Crippen molar-refractivity contribution in [2.24, 2.45) is 0 Å². The van der Waals surface area contributed by atoms with Crippen LogP contribution in [0.25, 0.3) is 0 Å². The third-order valence-electron chi connectivity index (χ3n) is 2.38. The molecule has 2 N–H and O–H groups in total. The van der Waals surface area contributed by atoms with Crippen LogP contribution in [0.5, 0.6) is 0 Å². The molecule has 0 saturated carbocycles. The van der Waals surface area contributed by atoms with Crippen molar-refractivity contribution in [1.82, 2.24) is 4.90 Å². The molecule has 0 aliphatic heterocycles. The first-order valence-corrected chi connectivity index (χ1v) is 5.39. The Morgan fingerprint density at radius 1 is 1.39 bits per heavy atom. The number of urea groups is 1. The number of rotatable bonds is 5. The summed E-state index contributed by atoms with van der Waals surface area (Å²) in [5, 5.41) is 11.5. The first-order chi connectivity index (χ1) is 8.56. The van der Waals surface area contributed by atoms with E-state index in [0.29, 0.717) is 13.2 Å². The minimum atomic E-state index is -1.08. The molecule has 0 aliphatic rings. The molecule has 6 nitrogen and oxygen atoms in total. The van der Waals surface area contributed by atoms with Crippen molar-refractivity contribution in [3.05, 3.63) is 29.8 Å². The number of benzene rings is 1. The molecule has 0 spiro atoms. The van der Waals surface area contributed by atoms with Crippen molar-refractivity contribution in [2.45, 2.75) is 0 Å². The number of nitrogens with one attached hydrogen (secondary N) is 1. The van der Waals surface area contributed by atoms with E-state index in [0.717, 1.165) is 0 Å². The Kier molecular flexibility index (Phi) is 5.13. The summed E-state index contributed by atoms with van der Waals surface area (Å²) in [5.74, 6) is -1.08. The van der Waals surface area contributed by atoms with Gasteiger partial charge in [-0.15, -0.1) is 0 Å². The second kappa shape index (κ2) is 6.61. The molecule has 0 unspecified atom stereocenters. The molecular formula is C12H16N2O4. The topological polar surface area (TPSA) is 78.9 Å². The maximum Gasteiger partial charge on any atom is 0.337 e. The minimum absolute atomic E-state index is 0.0611. The zero-order valence-corrected chi connectivity index (χ0v) is 10.3. The third-order valence-corrected chi connectivity index (χ3v) is 2.38. The fraction of sp³-hybridized carbons (Fsp3) is 0.333. The van der Waals surface area contributed by atoms with Crippen molar-refractivity contribution in [3.8, 4) is 0 Å². The van der Waals surface area contributed by atoms with Crippen molar-refractivity contribution in [2.75, 3.05) is 32.6 Å². The second-order valence-electron chi connectivity index (χ2n) is 3.70. The fourth-order valence-corrected chi connectivity index (χ4v) is 1.32. The van der Waals surface area contributed by atoms with Gasteiger partial charge in [-0.3, -0.25) is 0 Å². The molecular weight excluding hydrogens is 236 g/mol. The highest BCUT2D eigenvalue weighted by Gasteiger charge is 2.13. The van der Waals surface area contributed by atoms with Crippen molar-refractivity contribution >= 4 is 17.7 Å². The van der Waals surface area contributed by atoms with E-state index in [2.05, 4.69) is 5.32 Å². The van der Waals surface area contributed by atoms with Crippen molar-refractivity contribution < 1.29 is 19.4 Å². The molecule has 0 atom stereocenters. The Labute approximate surface area is 105 Å². The monoisotopic (exact) mass is 252 g/mol. The number of carboxylic acids is 1. The van der Waals surface area contributed by atoms with Crippen LogP contribution >= 0.6 is 0 Å². The number of nitrogens with zero attached hydrogens (tertiary/aromatic N) is 1. The molecule has 0 radical (unpaired) electrons. The number of anilines is 1. The number of ether oxygens (including phenoxy) is 1. The number of likely N-dealkylation sites (N-methyl/N-ethyl adjacent to an activating group) is 1. The van der Waals surface area contributed by atoms with Gasteiger partial charge in [-0.2, -0.15) is 0 Å². The number of amides is 2. The van der Waals surface area contributed by atoms with Gasteiger partial charge in [0.2, 0.25) is 0 Å². The van der Waals surface area contributed by atoms with Gasteiger partial charge in [0.05, 0.1) is 17.9 Å². The summed E-state index contributed by atoms with van der Waals surface area (Å²) < 4.78 is 4.86. The number of carbonyl (C=O) groups is 2. The van der Waals surface area contributed by atoms with Crippen LogP contribution in [0.1, 0.15) is 10.4 Å². The number of hydrogen-bond acceptors (Lipinski definition) is 3. The van der Waals surface area contributed by atoms with E-state index in [1.165, 1.54) is 11.0 Å². The average molecular weight is 252 g/mol. The van der Waals surface area contributed by atoms with Crippen LogP contribution in [0, 0.1) is 0 Å². The highest BCUT2D eigenvalue weighted by Crippen LogP contribution is 2.15. The molecule has 18 heavy (non-hydrogen) atoms. The molecule has 0 heterocycles. The predicted octanol–water partition coefficient (Wildman–Crippen LogP) is 1.49. The smallest absolute Gasteiger partial charge is 0.337 e. The van der Waals surface area contributed by atoms with Gasteiger partial charge < -0.3 is 20.1 Å². The molecule has 0 saturated heterocycles. The minimum Gasteiger partial charge on any atom is -0.478 e. The van der Waals surface area contributed by atoms with Crippen molar-refractivity contribution in [1.29, 1.82) is 0 Å². The molecule has 98 valence electrons. The number of carboxylic acid groups (broad SMARTS) is 1. The van der Waals surface area contributed by atoms with Crippen LogP contribution < -0.4 is 5.32 Å². The zero-order valence-electron chi connectivity index (χ0n) is 10.3. The predicted molar refractivity (Wildman–Crippen MR) is 66.9 cm³/mol. The lowest BCUT2D eigenvalue weighted by Crippen LogP contribution is -2.34.